The molecule has 8 heteroatoms. The molecule has 0 aromatic rings. The molecule has 3 nitrogen and oxygen atoms in total. The largest absolute Gasteiger partial charge is 0.412 e. The zero-order valence-electron chi connectivity index (χ0n) is 6.81. The van der Waals surface area contributed by atoms with Gasteiger partial charge in [0.2, 0.25) is 0 Å². The molecule has 0 saturated heterocycles. The Balaban J connectivity index is -0.0000000457. The summed E-state index contributed by atoms with van der Waals surface area (Å²) in [7, 11) is 0. The van der Waals surface area contributed by atoms with Crippen LogP contribution in [0.15, 0.2) is 0 Å². The van der Waals surface area contributed by atoms with E-state index in [1.807, 2.05) is 11.8 Å². The Labute approximate surface area is 91.5 Å². The van der Waals surface area contributed by atoms with Crippen molar-refractivity contribution in [2.45, 2.75) is 13.8 Å². The summed E-state index contributed by atoms with van der Waals surface area (Å²) in [6.07, 6.45) is 0. The van der Waals surface area contributed by atoms with Gasteiger partial charge < -0.3 is 11.0 Å². The van der Waals surface area contributed by atoms with Crippen LogP contribution in [-0.2, 0) is 4.57 Å². The molecule has 0 rings (SSSR count). The lowest BCUT2D eigenvalue weighted by Gasteiger charge is -1.80. The highest BCUT2D eigenvalue weighted by atomic mass is 36.0. The minimum atomic E-state index is -3.22. The summed E-state index contributed by atoms with van der Waals surface area (Å²) in [6.45, 7) is 4.35. The molecule has 80 valence electrons. The predicted octanol–water partition coefficient (Wildman–Crippen LogP) is 2.92. The Morgan fingerprint density at radius 3 is 1.25 bits per heavy atom. The maximum absolute atomic E-state index is 9.51. The van der Waals surface area contributed by atoms with Gasteiger partial charge in [-0.05, 0) is 45.2 Å². The van der Waals surface area contributed by atoms with Crippen LogP contribution in [0.1, 0.15) is 13.8 Å². The van der Waals surface area contributed by atoms with E-state index < -0.39 is 5.20 Å². The summed E-state index contributed by atoms with van der Waals surface area (Å²) in [6, 6.07) is 0. The molecule has 12 heavy (non-hydrogen) atoms. The van der Waals surface area contributed by atoms with Crippen molar-refractivity contribution in [1.82, 2.24) is 0 Å². The van der Waals surface area contributed by atoms with Gasteiger partial charge in [-0.1, -0.05) is 13.8 Å². The fraction of sp³-hybridized carbons (Fsp3) is 1.00. The number of rotatable bonds is 2. The van der Waals surface area contributed by atoms with Gasteiger partial charge in [0, 0.05) is 0 Å². The van der Waals surface area contributed by atoms with E-state index in [1.165, 1.54) is 11.5 Å². The van der Waals surface area contributed by atoms with E-state index in [1.54, 1.807) is 0 Å². The summed E-state index contributed by atoms with van der Waals surface area (Å²) in [5.74, 6) is 2.52. The lowest BCUT2D eigenvalue weighted by Crippen LogP contribution is -1.64. The molecule has 0 aromatic heterocycles. The first-order valence-electron chi connectivity index (χ1n) is 2.68. The van der Waals surface area contributed by atoms with E-state index in [4.69, 9.17) is 0 Å². The Kier molecular flexibility index (Phi) is 28.9. The van der Waals surface area contributed by atoms with Crippen molar-refractivity contribution in [3.63, 3.8) is 0 Å². The first kappa shape index (κ1) is 23.3. The summed E-state index contributed by atoms with van der Waals surface area (Å²) < 4.78 is 9.51. The smallest absolute Gasteiger partial charge is 0.339 e. The van der Waals surface area contributed by atoms with Gasteiger partial charge in [-0.3, -0.25) is 4.57 Å². The van der Waals surface area contributed by atoms with Crippen molar-refractivity contribution >= 4 is 50.7 Å². The Morgan fingerprint density at radius 2 is 1.25 bits per heavy atom. The summed E-state index contributed by atoms with van der Waals surface area (Å²) in [5.41, 5.74) is 0. The Hall–Kier alpha value is 1.37. The zero-order valence-corrected chi connectivity index (χ0v) is 10.8. The highest BCUT2D eigenvalue weighted by Crippen LogP contribution is 2.61. The quantitative estimate of drug-likeness (QED) is 0.728. The second kappa shape index (κ2) is 14.9. The number of halogens is 3. The molecule has 0 radical (unpaired) electrons. The maximum Gasteiger partial charge on any atom is 0.339 e. The van der Waals surface area contributed by atoms with Crippen LogP contribution >= 0.6 is 50.7 Å². The fourth-order valence-corrected chi connectivity index (χ4v) is 0.612. The van der Waals surface area contributed by atoms with Gasteiger partial charge in [0.1, 0.15) is 0 Å². The predicted molar refractivity (Wildman–Crippen MR) is 61.1 cm³/mol. The highest BCUT2D eigenvalue weighted by molar-refractivity contribution is 8.24. The molecule has 0 aliphatic heterocycles. The van der Waals surface area contributed by atoms with Gasteiger partial charge in [0.15, 0.2) is 0 Å². The number of hydrogen-bond donors (Lipinski definition) is 0. The second-order valence-electron chi connectivity index (χ2n) is 1.18. The topological polar surface area (TPSA) is 80.1 Å². The molecule has 0 aromatic carbocycles. The minimum absolute atomic E-state index is 0. The molecular weight excluding hydrogens is 265 g/mol. The standard InChI is InChI=1S/C4H10S.Cl3OP.2H2O/c1-3-5-4-2;1-5(2,3)4;;/h3-4H2,1-2H3;;2*1H2. The van der Waals surface area contributed by atoms with Gasteiger partial charge >= 0.3 is 5.20 Å². The van der Waals surface area contributed by atoms with E-state index >= 15 is 0 Å². The molecule has 0 fully saturated rings. The van der Waals surface area contributed by atoms with Crippen molar-refractivity contribution in [2.24, 2.45) is 0 Å². The highest BCUT2D eigenvalue weighted by Gasteiger charge is 2.02. The third kappa shape index (κ3) is 108. The molecule has 0 spiro atoms. The van der Waals surface area contributed by atoms with E-state index in [0.717, 1.165) is 0 Å². The van der Waals surface area contributed by atoms with E-state index in [0.29, 0.717) is 0 Å². The molecule has 0 bridgehead atoms. The van der Waals surface area contributed by atoms with Crippen LogP contribution in [0.4, 0.5) is 0 Å². The molecule has 0 aliphatic rings. The van der Waals surface area contributed by atoms with Crippen LogP contribution in [0.25, 0.3) is 0 Å². The summed E-state index contributed by atoms with van der Waals surface area (Å²) >= 11 is 15.8. The van der Waals surface area contributed by atoms with Gasteiger partial charge in [-0.25, -0.2) is 0 Å². The molecule has 4 N–H and O–H groups in total. The summed E-state index contributed by atoms with van der Waals surface area (Å²) in [5, 5.41) is -3.22. The van der Waals surface area contributed by atoms with E-state index in [2.05, 4.69) is 47.6 Å². The van der Waals surface area contributed by atoms with Gasteiger partial charge in [0.25, 0.3) is 0 Å². The fourth-order valence-electron chi connectivity index (χ4n) is 0.204. The first-order chi connectivity index (χ1) is 4.41. The number of hydrogen-bond acceptors (Lipinski definition) is 2. The molecular formula is C4H14Cl3O3PS. The number of thioether (sulfide) groups is 1. The van der Waals surface area contributed by atoms with Crippen molar-refractivity contribution in [2.75, 3.05) is 11.5 Å². The third-order valence-corrected chi connectivity index (χ3v) is 1.22. The van der Waals surface area contributed by atoms with Crippen LogP contribution < -0.4 is 0 Å². The summed E-state index contributed by atoms with van der Waals surface area (Å²) in [4.78, 5) is 0. The zero-order chi connectivity index (χ0) is 8.62. The van der Waals surface area contributed by atoms with Gasteiger partial charge in [-0.2, -0.15) is 11.8 Å². The molecule has 0 unspecified atom stereocenters. The van der Waals surface area contributed by atoms with Crippen LogP contribution in [0.2, 0.25) is 0 Å². The van der Waals surface area contributed by atoms with E-state index in [9.17, 15) is 4.57 Å². The van der Waals surface area contributed by atoms with Crippen molar-refractivity contribution in [3.05, 3.63) is 0 Å². The lowest BCUT2D eigenvalue weighted by molar-refractivity contribution is 0.600. The Morgan fingerprint density at radius 1 is 1.08 bits per heavy atom. The molecule has 0 heterocycles. The molecule has 0 atom stereocenters. The Bertz CT molecular complexity index is 99.5. The maximum atomic E-state index is 9.51. The lowest BCUT2D eigenvalue weighted by atomic mass is 11.0. The SMILES string of the molecule is CCSCC.O.O.O=P(Cl)(Cl)Cl. The first-order valence-corrected chi connectivity index (χ1v) is 8.26. The van der Waals surface area contributed by atoms with Crippen LogP contribution in [0.5, 0.6) is 0 Å². The van der Waals surface area contributed by atoms with Crippen LogP contribution in [-0.4, -0.2) is 22.5 Å². The molecule has 0 saturated carbocycles. The van der Waals surface area contributed by atoms with Crippen LogP contribution in [0.3, 0.4) is 0 Å². The van der Waals surface area contributed by atoms with Crippen molar-refractivity contribution < 1.29 is 15.5 Å². The molecule has 0 amide bonds. The van der Waals surface area contributed by atoms with Crippen molar-refractivity contribution in [1.29, 1.82) is 0 Å². The average Bonchev–Trinajstić information content (AvgIpc) is 1.63. The van der Waals surface area contributed by atoms with Gasteiger partial charge in [-0.15, -0.1) is 0 Å². The molecule has 0 aliphatic carbocycles. The van der Waals surface area contributed by atoms with Crippen molar-refractivity contribution in [3.8, 4) is 0 Å². The average molecular weight is 280 g/mol. The van der Waals surface area contributed by atoms with Gasteiger partial charge in [0.05, 0.1) is 0 Å². The normalized spacial score (nSPS) is 8.42. The second-order valence-corrected chi connectivity index (χ2v) is 9.38. The minimum Gasteiger partial charge on any atom is -0.412 e. The third-order valence-electron chi connectivity index (χ3n) is 0.408. The van der Waals surface area contributed by atoms with Crippen LogP contribution in [0, 0.1) is 0 Å². The van der Waals surface area contributed by atoms with E-state index in [-0.39, 0.29) is 11.0 Å². The monoisotopic (exact) mass is 278 g/mol.